The second-order valence-electron chi connectivity index (χ2n) is 13.0. The maximum Gasteiger partial charge on any atom is 0.326 e. The number of carbonyl (C=O) groups is 4. The van der Waals surface area contributed by atoms with Crippen LogP contribution in [0.4, 0.5) is 0 Å². The highest BCUT2D eigenvalue weighted by Crippen LogP contribution is 2.12. The summed E-state index contributed by atoms with van der Waals surface area (Å²) < 4.78 is 10.9. The first-order valence-corrected chi connectivity index (χ1v) is 19.1. The van der Waals surface area contributed by atoms with Crippen LogP contribution < -0.4 is 16.4 Å². The quantitative estimate of drug-likeness (QED) is 0.0400. The van der Waals surface area contributed by atoms with Crippen molar-refractivity contribution in [2.45, 2.75) is 186 Å². The van der Waals surface area contributed by atoms with Gasteiger partial charge in [-0.05, 0) is 45.1 Å². The van der Waals surface area contributed by atoms with Crippen molar-refractivity contribution in [3.63, 3.8) is 0 Å². The van der Waals surface area contributed by atoms with E-state index in [9.17, 15) is 24.3 Å². The van der Waals surface area contributed by atoms with Gasteiger partial charge in [0.2, 0.25) is 5.91 Å². The average molecular weight is 670 g/mol. The van der Waals surface area contributed by atoms with E-state index in [-0.39, 0.29) is 38.4 Å². The Morgan fingerprint density at radius 1 is 0.596 bits per heavy atom. The third kappa shape index (κ3) is 29.7. The topological polar surface area (TPSA) is 157 Å². The lowest BCUT2D eigenvalue weighted by Gasteiger charge is -2.19. The van der Waals surface area contributed by atoms with Crippen LogP contribution in [0.5, 0.6) is 0 Å². The van der Waals surface area contributed by atoms with Crippen LogP contribution in [0, 0.1) is 0 Å². The molecule has 10 heteroatoms. The Labute approximate surface area is 286 Å². The van der Waals surface area contributed by atoms with Crippen molar-refractivity contribution in [1.82, 2.24) is 10.6 Å². The van der Waals surface area contributed by atoms with E-state index in [1.54, 1.807) is 0 Å². The molecule has 0 saturated heterocycles. The van der Waals surface area contributed by atoms with Crippen LogP contribution in [0.2, 0.25) is 0 Å². The average Bonchev–Trinajstić information content (AvgIpc) is 3.05. The lowest BCUT2D eigenvalue weighted by Crippen LogP contribution is -2.48. The van der Waals surface area contributed by atoms with Crippen LogP contribution in [0.3, 0.4) is 0 Å². The van der Waals surface area contributed by atoms with E-state index >= 15 is 0 Å². The summed E-state index contributed by atoms with van der Waals surface area (Å²) in [5.74, 6) is -2.56. The summed E-state index contributed by atoms with van der Waals surface area (Å²) in [5, 5.41) is 14.8. The number of nitrogens with two attached hydrogens (primary N) is 1. The maximum absolute atomic E-state index is 12.9. The van der Waals surface area contributed by atoms with Gasteiger partial charge in [0.1, 0.15) is 12.1 Å². The molecule has 2 atom stereocenters. The number of ether oxygens (including phenoxy) is 2. The Morgan fingerprint density at radius 2 is 1.06 bits per heavy atom. The summed E-state index contributed by atoms with van der Waals surface area (Å²) in [6.07, 6.45) is 25.4. The first kappa shape index (κ1) is 44.8. The Bertz CT molecular complexity index is 781. The number of aliphatic carboxylic acids is 1. The number of amides is 1. The van der Waals surface area contributed by atoms with Crippen molar-refractivity contribution in [2.75, 3.05) is 26.3 Å². The molecule has 0 heterocycles. The van der Waals surface area contributed by atoms with E-state index in [0.717, 1.165) is 38.5 Å². The van der Waals surface area contributed by atoms with E-state index in [0.29, 0.717) is 26.0 Å². The number of esters is 2. The Hall–Kier alpha value is -2.20. The summed E-state index contributed by atoms with van der Waals surface area (Å²) in [7, 11) is 0. The highest BCUT2D eigenvalue weighted by Gasteiger charge is 2.24. The molecule has 0 aromatic rings. The molecular formula is C37H71N3O7. The smallest absolute Gasteiger partial charge is 0.326 e. The first-order chi connectivity index (χ1) is 22.8. The lowest BCUT2D eigenvalue weighted by molar-refractivity contribution is -0.148. The number of hydrogen-bond acceptors (Lipinski definition) is 8. The van der Waals surface area contributed by atoms with Crippen LogP contribution in [0.15, 0.2) is 0 Å². The van der Waals surface area contributed by atoms with E-state index in [4.69, 9.17) is 15.2 Å². The number of nitrogens with one attached hydrogen (secondary N) is 2. The number of carboxylic acids is 1. The lowest BCUT2D eigenvalue weighted by atomic mass is 10.1. The van der Waals surface area contributed by atoms with Gasteiger partial charge in [-0.2, -0.15) is 0 Å². The summed E-state index contributed by atoms with van der Waals surface area (Å²) in [4.78, 5) is 49.4. The second-order valence-corrected chi connectivity index (χ2v) is 13.0. The molecule has 0 aliphatic carbocycles. The number of unbranched alkanes of at least 4 members (excludes halogenated alkanes) is 19. The van der Waals surface area contributed by atoms with Crippen molar-refractivity contribution < 1.29 is 33.8 Å². The zero-order chi connectivity index (χ0) is 34.8. The zero-order valence-electron chi connectivity index (χ0n) is 30.1. The summed E-state index contributed by atoms with van der Waals surface area (Å²) >= 11 is 0. The molecule has 276 valence electrons. The molecule has 0 saturated carbocycles. The molecule has 1 amide bonds. The SMILES string of the molecule is CCCCCCCCCCCCOC(=O)CCC(NCC(=O)N[C@H](CCCCN)C(=O)O)C(=O)OCCCCCCCCCCCC. The van der Waals surface area contributed by atoms with E-state index in [1.807, 2.05) is 0 Å². The molecule has 0 aliphatic rings. The second kappa shape index (κ2) is 33.7. The molecule has 0 aliphatic heterocycles. The monoisotopic (exact) mass is 670 g/mol. The number of carboxylic acid groups (broad SMARTS) is 1. The van der Waals surface area contributed by atoms with Gasteiger partial charge in [0.25, 0.3) is 0 Å². The first-order valence-electron chi connectivity index (χ1n) is 19.1. The summed E-state index contributed by atoms with van der Waals surface area (Å²) in [6.45, 7) is 5.27. The Morgan fingerprint density at radius 3 is 1.53 bits per heavy atom. The fraction of sp³-hybridized carbons (Fsp3) is 0.892. The largest absolute Gasteiger partial charge is 0.480 e. The molecule has 1 unspecified atom stereocenters. The number of rotatable bonds is 35. The van der Waals surface area contributed by atoms with Gasteiger partial charge in [-0.1, -0.05) is 129 Å². The Balaban J connectivity index is 4.56. The van der Waals surface area contributed by atoms with Crippen molar-refractivity contribution in [3.05, 3.63) is 0 Å². The zero-order valence-corrected chi connectivity index (χ0v) is 30.1. The molecule has 47 heavy (non-hydrogen) atoms. The third-order valence-corrected chi connectivity index (χ3v) is 8.51. The van der Waals surface area contributed by atoms with Gasteiger partial charge in [-0.25, -0.2) is 4.79 Å². The van der Waals surface area contributed by atoms with E-state index in [2.05, 4.69) is 24.5 Å². The predicted octanol–water partition coefficient (Wildman–Crippen LogP) is 7.35. The third-order valence-electron chi connectivity index (χ3n) is 8.51. The van der Waals surface area contributed by atoms with E-state index in [1.165, 1.54) is 89.9 Å². The van der Waals surface area contributed by atoms with Crippen LogP contribution in [-0.2, 0) is 28.7 Å². The number of hydrogen-bond donors (Lipinski definition) is 4. The molecule has 0 aromatic heterocycles. The molecule has 0 radical (unpaired) electrons. The molecule has 0 rings (SSSR count). The standard InChI is InChI=1S/C37H71N3O7/c1-3-5-7-9-11-13-15-17-19-23-29-46-35(42)27-26-33(39-31-34(41)40-32(36(43)44)25-21-22-28-38)37(45)47-30-24-20-18-16-14-12-10-8-6-4-2/h32-33,39H,3-31,38H2,1-2H3,(H,40,41)(H,43,44)/t32-,33?/m1/s1. The van der Waals surface area contributed by atoms with Crippen LogP contribution in [-0.4, -0.2) is 67.3 Å². The van der Waals surface area contributed by atoms with Crippen LogP contribution in [0.25, 0.3) is 0 Å². The van der Waals surface area contributed by atoms with Crippen molar-refractivity contribution in [3.8, 4) is 0 Å². The van der Waals surface area contributed by atoms with Crippen molar-refractivity contribution in [2.24, 2.45) is 5.73 Å². The minimum Gasteiger partial charge on any atom is -0.480 e. The number of carbonyl (C=O) groups excluding carboxylic acids is 3. The van der Waals surface area contributed by atoms with Gasteiger partial charge in [0.05, 0.1) is 19.8 Å². The molecule has 0 spiro atoms. The van der Waals surface area contributed by atoms with E-state index < -0.39 is 29.9 Å². The van der Waals surface area contributed by atoms with Crippen molar-refractivity contribution >= 4 is 23.8 Å². The van der Waals surface area contributed by atoms with Crippen LogP contribution in [0.1, 0.15) is 174 Å². The molecule has 0 fully saturated rings. The van der Waals surface area contributed by atoms with Gasteiger partial charge in [0, 0.05) is 6.42 Å². The maximum atomic E-state index is 12.9. The highest BCUT2D eigenvalue weighted by molar-refractivity contribution is 5.85. The van der Waals surface area contributed by atoms with Gasteiger partial charge >= 0.3 is 17.9 Å². The predicted molar refractivity (Wildman–Crippen MR) is 189 cm³/mol. The van der Waals surface area contributed by atoms with Crippen molar-refractivity contribution in [1.29, 1.82) is 0 Å². The normalized spacial score (nSPS) is 12.4. The van der Waals surface area contributed by atoms with Gasteiger partial charge in [-0.3, -0.25) is 19.7 Å². The highest BCUT2D eigenvalue weighted by atomic mass is 16.5. The Kier molecular flexibility index (Phi) is 32.1. The summed E-state index contributed by atoms with van der Waals surface area (Å²) in [5.41, 5.74) is 5.49. The molecular weight excluding hydrogens is 598 g/mol. The minimum atomic E-state index is -1.12. The molecule has 10 nitrogen and oxygen atoms in total. The summed E-state index contributed by atoms with van der Waals surface area (Å²) in [6, 6.07) is -1.91. The van der Waals surface area contributed by atoms with Gasteiger partial charge < -0.3 is 25.6 Å². The molecule has 5 N–H and O–H groups in total. The fourth-order valence-corrected chi connectivity index (χ4v) is 5.49. The molecule has 0 bridgehead atoms. The van der Waals surface area contributed by atoms with Gasteiger partial charge in [-0.15, -0.1) is 0 Å². The van der Waals surface area contributed by atoms with Gasteiger partial charge in [0.15, 0.2) is 0 Å². The fourth-order valence-electron chi connectivity index (χ4n) is 5.49. The minimum absolute atomic E-state index is 0.0151. The molecule has 0 aromatic carbocycles. The van der Waals surface area contributed by atoms with Crippen LogP contribution >= 0.6 is 0 Å².